The number of aryl methyl sites for hydroxylation is 1. The molecule has 0 radical (unpaired) electrons. The molecule has 3 heterocycles. The van der Waals surface area contributed by atoms with Gasteiger partial charge in [0.15, 0.2) is 5.78 Å². The van der Waals surface area contributed by atoms with Gasteiger partial charge in [0, 0.05) is 55.2 Å². The largest absolute Gasteiger partial charge is 0.368 e. The molecule has 2 aromatic heterocycles. The Morgan fingerprint density at radius 1 is 1.13 bits per heavy atom. The van der Waals surface area contributed by atoms with Gasteiger partial charge in [0.25, 0.3) is 0 Å². The molecule has 2 aliphatic rings. The number of carbonyl (C=O) groups excluding carboxylic acids is 1. The first kappa shape index (κ1) is 19.0. The van der Waals surface area contributed by atoms with E-state index in [1.54, 1.807) is 16.7 Å². The Balaban J connectivity index is 1.51. The summed E-state index contributed by atoms with van der Waals surface area (Å²) in [6, 6.07) is 9.47. The van der Waals surface area contributed by atoms with E-state index in [9.17, 15) is 9.18 Å². The van der Waals surface area contributed by atoms with Crippen LogP contribution in [-0.4, -0.2) is 40.3 Å². The van der Waals surface area contributed by atoms with Gasteiger partial charge in [-0.3, -0.25) is 4.79 Å². The van der Waals surface area contributed by atoms with Gasteiger partial charge in [-0.05, 0) is 61.7 Å². The molecule has 1 N–H and O–H groups in total. The number of hydrogen-bond acceptors (Lipinski definition) is 4. The van der Waals surface area contributed by atoms with Gasteiger partial charge in [0.1, 0.15) is 11.5 Å². The second-order valence-electron chi connectivity index (χ2n) is 8.84. The number of halogens is 1. The number of anilines is 1. The molecule has 30 heavy (non-hydrogen) atoms. The highest BCUT2D eigenvalue weighted by Gasteiger charge is 2.26. The fourth-order valence-corrected chi connectivity index (χ4v) is 4.44. The van der Waals surface area contributed by atoms with Crippen molar-refractivity contribution in [2.24, 2.45) is 0 Å². The Hall–Kier alpha value is -2.99. The van der Waals surface area contributed by atoms with E-state index in [0.717, 1.165) is 25.2 Å². The smallest absolute Gasteiger partial charge is 0.165 e. The second kappa shape index (κ2) is 7.06. The van der Waals surface area contributed by atoms with E-state index >= 15 is 0 Å². The molecule has 1 aliphatic heterocycles. The summed E-state index contributed by atoms with van der Waals surface area (Å²) < 4.78 is 15.2. The zero-order valence-electron chi connectivity index (χ0n) is 17.3. The number of nitrogens with zero attached hydrogens (tertiary/aromatic N) is 3. The van der Waals surface area contributed by atoms with Gasteiger partial charge in [-0.15, -0.1) is 0 Å². The number of imidazole rings is 1. The van der Waals surface area contributed by atoms with Crippen LogP contribution in [0.1, 0.15) is 37.1 Å². The topological polar surface area (TPSA) is 49.6 Å². The van der Waals surface area contributed by atoms with Crippen molar-refractivity contribution < 1.29 is 9.18 Å². The molecule has 3 aromatic rings. The molecule has 5 nitrogen and oxygen atoms in total. The van der Waals surface area contributed by atoms with Gasteiger partial charge >= 0.3 is 0 Å². The van der Waals surface area contributed by atoms with E-state index in [2.05, 4.69) is 47.2 Å². The first-order chi connectivity index (χ1) is 14.4. The highest BCUT2D eigenvalue weighted by Crippen LogP contribution is 2.30. The van der Waals surface area contributed by atoms with Crippen LogP contribution in [0.2, 0.25) is 0 Å². The monoisotopic (exact) mass is 404 g/mol. The van der Waals surface area contributed by atoms with Gasteiger partial charge in [-0.1, -0.05) is 6.07 Å². The summed E-state index contributed by atoms with van der Waals surface area (Å²) in [6.07, 6.45) is 6.19. The molecular formula is C24H25FN4O. The molecule has 1 aromatic carbocycles. The zero-order valence-corrected chi connectivity index (χ0v) is 17.3. The lowest BCUT2D eigenvalue weighted by Gasteiger charge is -2.40. The minimum atomic E-state index is -0.332. The van der Waals surface area contributed by atoms with Crippen LogP contribution in [0.15, 0.2) is 42.7 Å². The predicted molar refractivity (Wildman–Crippen MR) is 117 cm³/mol. The molecule has 0 saturated carbocycles. The van der Waals surface area contributed by atoms with Crippen molar-refractivity contribution in [3.8, 4) is 0 Å². The number of rotatable bonds is 2. The summed E-state index contributed by atoms with van der Waals surface area (Å²) in [5.41, 5.74) is 5.33. The van der Waals surface area contributed by atoms with E-state index in [0.29, 0.717) is 29.8 Å². The third kappa shape index (κ3) is 3.52. The maximum Gasteiger partial charge on any atom is 0.165 e. The standard InChI is InChI=1S/C24H25FN4O/c1-24(2)15-28(10-9-26-24)19-6-3-17-12-20(22(30)7-4-16(17)11-19)21-14-29-13-18(25)5-8-23(29)27-21/h3,5-6,8,11-14,26H,4,7,9-10,15H2,1-2H3. The maximum absolute atomic E-state index is 13.5. The van der Waals surface area contributed by atoms with E-state index < -0.39 is 0 Å². The third-order valence-electron chi connectivity index (χ3n) is 5.98. The Kier molecular flexibility index (Phi) is 4.47. The van der Waals surface area contributed by atoms with Crippen molar-refractivity contribution in [1.82, 2.24) is 14.7 Å². The molecule has 1 saturated heterocycles. The first-order valence-electron chi connectivity index (χ1n) is 10.4. The predicted octanol–water partition coefficient (Wildman–Crippen LogP) is 3.72. The molecule has 1 fully saturated rings. The number of pyridine rings is 1. The van der Waals surface area contributed by atoms with E-state index in [1.165, 1.54) is 23.5 Å². The Bertz CT molecular complexity index is 1180. The molecular weight excluding hydrogens is 379 g/mol. The van der Waals surface area contributed by atoms with Crippen molar-refractivity contribution in [2.45, 2.75) is 32.2 Å². The number of ketones is 1. The summed E-state index contributed by atoms with van der Waals surface area (Å²) in [6.45, 7) is 7.32. The summed E-state index contributed by atoms with van der Waals surface area (Å²) >= 11 is 0. The minimum absolute atomic E-state index is 0.0694. The van der Waals surface area contributed by atoms with Crippen LogP contribution in [0.5, 0.6) is 0 Å². The number of Topliss-reactive ketones (excluding diaryl/α,β-unsaturated/α-hetero) is 1. The molecule has 0 spiro atoms. The molecule has 5 rings (SSSR count). The zero-order chi connectivity index (χ0) is 20.9. The first-order valence-corrected chi connectivity index (χ1v) is 10.4. The van der Waals surface area contributed by atoms with Crippen LogP contribution < -0.4 is 10.2 Å². The summed E-state index contributed by atoms with van der Waals surface area (Å²) in [4.78, 5) is 19.8. The van der Waals surface area contributed by atoms with Crippen LogP contribution in [0, 0.1) is 5.82 Å². The molecule has 0 amide bonds. The summed E-state index contributed by atoms with van der Waals surface area (Å²) in [5, 5.41) is 3.55. The third-order valence-corrected chi connectivity index (χ3v) is 5.98. The van der Waals surface area contributed by atoms with Crippen LogP contribution in [0.3, 0.4) is 0 Å². The van der Waals surface area contributed by atoms with Crippen LogP contribution >= 0.6 is 0 Å². The number of aromatic nitrogens is 2. The lowest BCUT2D eigenvalue weighted by Crippen LogP contribution is -2.57. The van der Waals surface area contributed by atoms with Gasteiger partial charge < -0.3 is 14.6 Å². The van der Waals surface area contributed by atoms with Crippen LogP contribution in [-0.2, 0) is 11.2 Å². The molecule has 6 heteroatoms. The highest BCUT2D eigenvalue weighted by atomic mass is 19.1. The fourth-order valence-electron chi connectivity index (χ4n) is 4.44. The summed E-state index contributed by atoms with van der Waals surface area (Å²) in [7, 11) is 0. The average Bonchev–Trinajstić information content (AvgIpc) is 3.04. The van der Waals surface area contributed by atoms with Gasteiger partial charge in [-0.25, -0.2) is 9.37 Å². The normalized spacial score (nSPS) is 18.8. The highest BCUT2D eigenvalue weighted by molar-refractivity contribution is 6.25. The maximum atomic E-state index is 13.5. The average molecular weight is 404 g/mol. The molecule has 0 bridgehead atoms. The second-order valence-corrected chi connectivity index (χ2v) is 8.84. The van der Waals surface area contributed by atoms with Gasteiger partial charge in [0.05, 0.1) is 5.69 Å². The SMILES string of the molecule is CC1(C)CN(c2ccc3c(c2)CCC(=O)C(c2cn4cc(F)ccc4n2)=C3)CCN1. The summed E-state index contributed by atoms with van der Waals surface area (Å²) in [5.74, 6) is -0.262. The number of allylic oxidation sites excluding steroid dienone is 1. The van der Waals surface area contributed by atoms with Crippen molar-refractivity contribution in [1.29, 1.82) is 0 Å². The van der Waals surface area contributed by atoms with E-state index in [1.807, 2.05) is 6.08 Å². The molecule has 0 atom stereocenters. The number of hydrogen-bond donors (Lipinski definition) is 1. The molecule has 154 valence electrons. The number of benzene rings is 1. The Morgan fingerprint density at radius 2 is 2.00 bits per heavy atom. The fraction of sp³-hybridized carbons (Fsp3) is 0.333. The van der Waals surface area contributed by atoms with Crippen LogP contribution in [0.25, 0.3) is 17.3 Å². The quantitative estimate of drug-likeness (QED) is 0.707. The van der Waals surface area contributed by atoms with Crippen molar-refractivity contribution in [2.75, 3.05) is 24.5 Å². The van der Waals surface area contributed by atoms with E-state index in [4.69, 9.17) is 0 Å². The Labute approximate surface area is 175 Å². The van der Waals surface area contributed by atoms with Gasteiger partial charge in [0.2, 0.25) is 0 Å². The number of piperazine rings is 1. The Morgan fingerprint density at radius 3 is 2.83 bits per heavy atom. The number of nitrogens with one attached hydrogen (secondary N) is 1. The van der Waals surface area contributed by atoms with Gasteiger partial charge in [-0.2, -0.15) is 0 Å². The molecule has 0 unspecified atom stereocenters. The van der Waals surface area contributed by atoms with Crippen LogP contribution in [0.4, 0.5) is 10.1 Å². The number of carbonyl (C=O) groups is 1. The lowest BCUT2D eigenvalue weighted by atomic mass is 9.99. The van der Waals surface area contributed by atoms with Crippen molar-refractivity contribution >= 4 is 28.8 Å². The minimum Gasteiger partial charge on any atom is -0.368 e. The van der Waals surface area contributed by atoms with E-state index in [-0.39, 0.29) is 17.1 Å². The van der Waals surface area contributed by atoms with Crippen molar-refractivity contribution in [3.63, 3.8) is 0 Å². The van der Waals surface area contributed by atoms with Crippen molar-refractivity contribution in [3.05, 3.63) is 65.4 Å². The number of fused-ring (bicyclic) bond motifs is 2. The lowest BCUT2D eigenvalue weighted by molar-refractivity contribution is -0.113. The molecule has 1 aliphatic carbocycles.